The molecule has 0 aliphatic rings. The molecule has 2 N–H and O–H groups in total. The highest BCUT2D eigenvalue weighted by Crippen LogP contribution is 2.19. The van der Waals surface area contributed by atoms with Crippen molar-refractivity contribution >= 4 is 49.4 Å². The zero-order valence-corrected chi connectivity index (χ0v) is 40.8. The molecule has 0 bridgehead atoms. The van der Waals surface area contributed by atoms with E-state index in [4.69, 9.17) is 5.73 Å². The van der Waals surface area contributed by atoms with E-state index in [1.165, 1.54) is 199 Å². The van der Waals surface area contributed by atoms with Gasteiger partial charge >= 0.3 is 0 Å². The number of unbranched alkanes of at least 4 members (excludes halogenated alkanes) is 31. The molecule has 332 valence electrons. The van der Waals surface area contributed by atoms with Crippen LogP contribution in [0.2, 0.25) is 0 Å². The molecule has 0 radical (unpaired) electrons. The standard InChI is InChI=1S/C27H45BrO.C19H37NO.C6H6BrN/c1-2-3-4-5-6-7-8-9-10-11-12-13-14-15-16-17-18-22-26(29)24-25-21-19-20-23-27(25)28;1-2-3-4-5-6-7-8-9-10-11-12-13-14-15-16-17-18-20-19-21;7-5-3-1-2-4-6(5)8/h19-21,23H,2-18,22,24H2,1H3;2-18H2,1H3;1-4H,8H2. The maximum atomic E-state index is 12.1. The van der Waals surface area contributed by atoms with Crippen molar-refractivity contribution in [2.45, 2.75) is 239 Å². The molecule has 0 heterocycles. The summed E-state index contributed by atoms with van der Waals surface area (Å²) in [5.74, 6) is 0.373. The number of rotatable bonds is 37. The number of hydrogen-bond donors (Lipinski definition) is 1. The predicted molar refractivity (Wildman–Crippen MR) is 263 cm³/mol. The highest BCUT2D eigenvalue weighted by Gasteiger charge is 2.06. The molecule has 0 aliphatic heterocycles. The molecule has 0 fully saturated rings. The summed E-state index contributed by atoms with van der Waals surface area (Å²) in [6, 6.07) is 15.6. The Balaban J connectivity index is 0.000000969. The Labute approximate surface area is 375 Å². The molecule has 4 nitrogen and oxygen atoms in total. The van der Waals surface area contributed by atoms with Gasteiger partial charge in [0.15, 0.2) is 0 Å². The molecule has 58 heavy (non-hydrogen) atoms. The smallest absolute Gasteiger partial charge is 0.234 e. The number of para-hydroxylation sites is 1. The molecule has 6 heteroatoms. The number of anilines is 1. The number of ketones is 1. The molecule has 0 amide bonds. The van der Waals surface area contributed by atoms with Gasteiger partial charge in [0.1, 0.15) is 5.78 Å². The number of benzene rings is 2. The van der Waals surface area contributed by atoms with Crippen LogP contribution in [-0.2, 0) is 16.0 Å². The summed E-state index contributed by atoms with van der Waals surface area (Å²) < 4.78 is 2.01. The van der Waals surface area contributed by atoms with Gasteiger partial charge in [-0.25, -0.2) is 9.79 Å². The molecule has 2 rings (SSSR count). The van der Waals surface area contributed by atoms with E-state index in [1.807, 2.05) is 48.5 Å². The Morgan fingerprint density at radius 2 is 0.810 bits per heavy atom. The van der Waals surface area contributed by atoms with E-state index in [1.54, 1.807) is 6.08 Å². The maximum absolute atomic E-state index is 12.1. The van der Waals surface area contributed by atoms with Crippen molar-refractivity contribution in [2.24, 2.45) is 4.99 Å². The topological polar surface area (TPSA) is 72.5 Å². The first-order valence-electron chi connectivity index (χ1n) is 24.2. The fraction of sp³-hybridized carbons (Fsp3) is 0.731. The monoisotopic (exact) mass is 931 g/mol. The van der Waals surface area contributed by atoms with Crippen LogP contribution in [0.25, 0.3) is 0 Å². The van der Waals surface area contributed by atoms with Crippen LogP contribution in [0.4, 0.5) is 5.69 Å². The highest BCUT2D eigenvalue weighted by molar-refractivity contribution is 9.10. The number of isocyanates is 1. The van der Waals surface area contributed by atoms with Crippen LogP contribution in [0.1, 0.15) is 238 Å². The average Bonchev–Trinajstić information content (AvgIpc) is 3.22. The normalized spacial score (nSPS) is 10.6. The number of carbonyl (C=O) groups is 1. The zero-order chi connectivity index (χ0) is 42.4. The highest BCUT2D eigenvalue weighted by atomic mass is 79.9. The van der Waals surface area contributed by atoms with Gasteiger partial charge in [-0.1, -0.05) is 259 Å². The van der Waals surface area contributed by atoms with Crippen LogP contribution in [0.5, 0.6) is 0 Å². The van der Waals surface area contributed by atoms with Gasteiger partial charge < -0.3 is 5.73 Å². The second kappa shape index (κ2) is 46.3. The molecule has 0 unspecified atom stereocenters. The van der Waals surface area contributed by atoms with E-state index in [2.05, 4.69) is 50.7 Å². The largest absolute Gasteiger partial charge is 0.398 e. The SMILES string of the molecule is CCCCCCCCCCCCCCCCCCCC(=O)Cc1ccccc1Br.CCCCCCCCCCCCCCCCCCN=C=O.Nc1ccccc1Br. The van der Waals surface area contributed by atoms with E-state index >= 15 is 0 Å². The van der Waals surface area contributed by atoms with Crippen LogP contribution in [0, 0.1) is 0 Å². The van der Waals surface area contributed by atoms with Gasteiger partial charge in [0.2, 0.25) is 6.08 Å². The molecule has 0 spiro atoms. The molecular weight excluding hydrogens is 844 g/mol. The molecule has 0 aromatic heterocycles. The Kier molecular flexibility index (Phi) is 44.9. The molecule has 2 aromatic rings. The van der Waals surface area contributed by atoms with E-state index in [0.29, 0.717) is 18.7 Å². The number of hydrogen-bond acceptors (Lipinski definition) is 4. The van der Waals surface area contributed by atoms with E-state index in [-0.39, 0.29) is 0 Å². The maximum Gasteiger partial charge on any atom is 0.234 e. The van der Waals surface area contributed by atoms with Crippen molar-refractivity contribution in [1.29, 1.82) is 0 Å². The minimum Gasteiger partial charge on any atom is -0.398 e. The van der Waals surface area contributed by atoms with E-state index < -0.39 is 0 Å². The third-order valence-corrected chi connectivity index (χ3v) is 12.5. The summed E-state index contributed by atoms with van der Waals surface area (Å²) in [4.78, 5) is 25.5. The van der Waals surface area contributed by atoms with Gasteiger partial charge in [0, 0.05) is 27.5 Å². The lowest BCUT2D eigenvalue weighted by Crippen LogP contribution is -2.03. The van der Waals surface area contributed by atoms with Gasteiger partial charge in [0.05, 0.1) is 6.54 Å². The summed E-state index contributed by atoms with van der Waals surface area (Å²) in [5, 5.41) is 0. The second-order valence-corrected chi connectivity index (χ2v) is 18.2. The number of halogens is 2. The molecule has 0 aliphatic carbocycles. The second-order valence-electron chi connectivity index (χ2n) is 16.5. The number of nitrogen functional groups attached to an aromatic ring is 1. The number of carbonyl (C=O) groups excluding carboxylic acids is 2. The third-order valence-electron chi connectivity index (χ3n) is 11.0. The van der Waals surface area contributed by atoms with E-state index in [9.17, 15) is 9.59 Å². The van der Waals surface area contributed by atoms with Gasteiger partial charge in [-0.2, -0.15) is 0 Å². The minimum atomic E-state index is 0.373. The first kappa shape index (κ1) is 56.2. The fourth-order valence-electron chi connectivity index (χ4n) is 7.25. The summed E-state index contributed by atoms with van der Waals surface area (Å²) in [6.07, 6.45) is 48.4. The van der Waals surface area contributed by atoms with Gasteiger partial charge in [-0.05, 0) is 52.5 Å². The lowest BCUT2D eigenvalue weighted by Gasteiger charge is -2.05. The van der Waals surface area contributed by atoms with Crippen LogP contribution in [-0.4, -0.2) is 18.4 Å². The summed E-state index contributed by atoms with van der Waals surface area (Å²) in [7, 11) is 0. The van der Waals surface area contributed by atoms with Crippen LogP contribution >= 0.6 is 31.9 Å². The summed E-state index contributed by atoms with van der Waals surface area (Å²) in [6.45, 7) is 5.24. The molecule has 2 aromatic carbocycles. The Hall–Kier alpha value is -1.75. The van der Waals surface area contributed by atoms with Crippen molar-refractivity contribution in [3.8, 4) is 0 Å². The van der Waals surface area contributed by atoms with Crippen LogP contribution in [0.3, 0.4) is 0 Å². The zero-order valence-electron chi connectivity index (χ0n) is 37.7. The summed E-state index contributed by atoms with van der Waals surface area (Å²) >= 11 is 6.80. The quantitative estimate of drug-likeness (QED) is 0.0317. The Morgan fingerprint density at radius 3 is 1.14 bits per heavy atom. The Morgan fingerprint density at radius 1 is 0.483 bits per heavy atom. The van der Waals surface area contributed by atoms with Crippen molar-refractivity contribution in [2.75, 3.05) is 12.3 Å². The van der Waals surface area contributed by atoms with Gasteiger partial charge in [0.25, 0.3) is 0 Å². The summed E-state index contributed by atoms with van der Waals surface area (Å²) in [5.41, 5.74) is 7.37. The number of Topliss-reactive ketones (excluding diaryl/α,β-unsaturated/α-hetero) is 1. The third kappa shape index (κ3) is 41.0. The first-order valence-corrected chi connectivity index (χ1v) is 25.8. The Bertz CT molecular complexity index is 1190. The predicted octanol–water partition coefficient (Wildman–Crippen LogP) is 18.2. The van der Waals surface area contributed by atoms with Crippen molar-refractivity contribution in [3.63, 3.8) is 0 Å². The fourth-order valence-corrected chi connectivity index (χ4v) is 7.96. The van der Waals surface area contributed by atoms with Gasteiger partial charge in [-0.15, -0.1) is 0 Å². The van der Waals surface area contributed by atoms with Crippen LogP contribution < -0.4 is 5.73 Å². The number of aliphatic imine (C=N–C) groups is 1. The molecule has 0 atom stereocenters. The van der Waals surface area contributed by atoms with Crippen molar-refractivity contribution in [3.05, 3.63) is 63.0 Å². The van der Waals surface area contributed by atoms with E-state index in [0.717, 1.165) is 39.5 Å². The molecular formula is C52H88Br2N2O2. The molecule has 0 saturated carbocycles. The molecule has 0 saturated heterocycles. The minimum absolute atomic E-state index is 0.373. The first-order chi connectivity index (χ1) is 28.5. The van der Waals surface area contributed by atoms with Gasteiger partial charge in [-0.3, -0.25) is 4.79 Å². The lowest BCUT2D eigenvalue weighted by molar-refractivity contribution is -0.118. The van der Waals surface area contributed by atoms with Crippen molar-refractivity contribution < 1.29 is 9.59 Å². The van der Waals surface area contributed by atoms with Crippen LogP contribution in [0.15, 0.2) is 62.5 Å². The lowest BCUT2D eigenvalue weighted by atomic mass is 10.0. The number of nitrogens with zero attached hydrogens (tertiary/aromatic N) is 1. The number of nitrogens with two attached hydrogens (primary N) is 1. The van der Waals surface area contributed by atoms with Crippen molar-refractivity contribution in [1.82, 2.24) is 0 Å². The average molecular weight is 933 g/mol.